The van der Waals surface area contributed by atoms with Gasteiger partial charge in [0.05, 0.1) is 5.69 Å². The van der Waals surface area contributed by atoms with Crippen molar-refractivity contribution >= 4 is 11.6 Å². The van der Waals surface area contributed by atoms with Crippen molar-refractivity contribution in [3.63, 3.8) is 0 Å². The topological polar surface area (TPSA) is 34.9 Å². The van der Waals surface area contributed by atoms with Crippen LogP contribution in [-0.4, -0.2) is 9.78 Å². The summed E-state index contributed by atoms with van der Waals surface area (Å²) in [5, 5.41) is 4.99. The van der Waals surface area contributed by atoms with Crippen LogP contribution in [0, 0.1) is 12.0 Å². The highest BCUT2D eigenvalue weighted by Gasteiger charge is 2.02. The number of hydrogen-bond donors (Lipinski definition) is 0. The summed E-state index contributed by atoms with van der Waals surface area (Å²) in [6.45, 7) is 2.22. The van der Waals surface area contributed by atoms with Gasteiger partial charge in [-0.05, 0) is 24.6 Å². The SMILES string of the molecule is CCCCCCCCC#Cn1nc(-c2ccc(Cl)cc2)ccc1=O. The minimum absolute atomic E-state index is 0.205. The lowest BCUT2D eigenvalue weighted by molar-refractivity contribution is 0.613. The van der Waals surface area contributed by atoms with E-state index in [1.807, 2.05) is 12.1 Å². The molecule has 24 heavy (non-hydrogen) atoms. The van der Waals surface area contributed by atoms with Gasteiger partial charge in [0.1, 0.15) is 0 Å². The Morgan fingerprint density at radius 1 is 1.00 bits per heavy atom. The minimum Gasteiger partial charge on any atom is -0.267 e. The molecule has 0 N–H and O–H groups in total. The zero-order chi connectivity index (χ0) is 17.2. The molecule has 0 fully saturated rings. The lowest BCUT2D eigenvalue weighted by Gasteiger charge is -2.02. The first-order valence-electron chi connectivity index (χ1n) is 8.56. The van der Waals surface area contributed by atoms with E-state index in [1.165, 1.54) is 42.9 Å². The molecule has 4 heteroatoms. The Kier molecular flexibility index (Phi) is 7.58. The molecule has 3 nitrogen and oxygen atoms in total. The Morgan fingerprint density at radius 3 is 2.46 bits per heavy atom. The number of aromatic nitrogens is 2. The summed E-state index contributed by atoms with van der Waals surface area (Å²) in [6, 6.07) is 13.4. The number of rotatable bonds is 7. The summed E-state index contributed by atoms with van der Waals surface area (Å²) >= 11 is 5.90. The van der Waals surface area contributed by atoms with Gasteiger partial charge in [-0.15, -0.1) is 0 Å². The maximum Gasteiger partial charge on any atom is 0.279 e. The van der Waals surface area contributed by atoms with Crippen molar-refractivity contribution < 1.29 is 0 Å². The third-order valence-corrected chi connectivity index (χ3v) is 4.03. The fraction of sp³-hybridized carbons (Fsp3) is 0.400. The molecule has 0 radical (unpaired) electrons. The summed E-state index contributed by atoms with van der Waals surface area (Å²) in [5.74, 6) is 3.05. The van der Waals surface area contributed by atoms with E-state index in [9.17, 15) is 4.79 Å². The Balaban J connectivity index is 1.96. The lowest BCUT2D eigenvalue weighted by atomic mass is 10.1. The summed E-state index contributed by atoms with van der Waals surface area (Å²) in [7, 11) is 0. The van der Waals surface area contributed by atoms with Crippen LogP contribution in [0.3, 0.4) is 0 Å². The van der Waals surface area contributed by atoms with Crippen LogP contribution in [0.5, 0.6) is 0 Å². The summed E-state index contributed by atoms with van der Waals surface area (Å²) in [5.41, 5.74) is 1.41. The summed E-state index contributed by atoms with van der Waals surface area (Å²) < 4.78 is 1.22. The molecule has 0 amide bonds. The largest absolute Gasteiger partial charge is 0.279 e. The van der Waals surface area contributed by atoms with Crippen LogP contribution in [0.2, 0.25) is 5.02 Å². The van der Waals surface area contributed by atoms with Gasteiger partial charge < -0.3 is 0 Å². The molecule has 2 aromatic rings. The first kappa shape index (κ1) is 18.3. The molecule has 126 valence electrons. The van der Waals surface area contributed by atoms with Gasteiger partial charge in [-0.1, -0.05) is 68.7 Å². The predicted octanol–water partition coefficient (Wildman–Crippen LogP) is 5.12. The monoisotopic (exact) mass is 342 g/mol. The van der Waals surface area contributed by atoms with Gasteiger partial charge in [-0.2, -0.15) is 9.78 Å². The van der Waals surface area contributed by atoms with Crippen LogP contribution in [0.4, 0.5) is 0 Å². The average Bonchev–Trinajstić information content (AvgIpc) is 2.59. The van der Waals surface area contributed by atoms with Crippen LogP contribution in [0.25, 0.3) is 11.3 Å². The molecular formula is C20H23ClN2O. The van der Waals surface area contributed by atoms with Gasteiger partial charge in [0.25, 0.3) is 5.56 Å². The molecule has 0 spiro atoms. The van der Waals surface area contributed by atoms with E-state index in [2.05, 4.69) is 24.0 Å². The second kappa shape index (κ2) is 9.95. The predicted molar refractivity (Wildman–Crippen MR) is 100 cm³/mol. The number of hydrogen-bond acceptors (Lipinski definition) is 2. The fourth-order valence-electron chi connectivity index (χ4n) is 2.39. The third kappa shape index (κ3) is 5.86. The van der Waals surface area contributed by atoms with Gasteiger partial charge in [0.15, 0.2) is 0 Å². The van der Waals surface area contributed by atoms with Crippen molar-refractivity contribution in [1.29, 1.82) is 0 Å². The van der Waals surface area contributed by atoms with Crippen LogP contribution < -0.4 is 5.56 Å². The molecule has 0 atom stereocenters. The van der Waals surface area contributed by atoms with Gasteiger partial charge in [-0.3, -0.25) is 4.79 Å². The third-order valence-electron chi connectivity index (χ3n) is 3.78. The quantitative estimate of drug-likeness (QED) is 0.517. The van der Waals surface area contributed by atoms with Gasteiger partial charge in [0.2, 0.25) is 0 Å². The lowest BCUT2D eigenvalue weighted by Crippen LogP contribution is -2.18. The average molecular weight is 343 g/mol. The smallest absolute Gasteiger partial charge is 0.267 e. The fourth-order valence-corrected chi connectivity index (χ4v) is 2.52. The van der Waals surface area contributed by atoms with Crippen molar-refractivity contribution in [1.82, 2.24) is 9.78 Å². The van der Waals surface area contributed by atoms with E-state index in [4.69, 9.17) is 11.6 Å². The molecule has 0 aliphatic heterocycles. The Morgan fingerprint density at radius 2 is 1.71 bits per heavy atom. The summed E-state index contributed by atoms with van der Waals surface area (Å²) in [6.07, 6.45) is 8.20. The van der Waals surface area contributed by atoms with Crippen LogP contribution in [0.1, 0.15) is 51.9 Å². The first-order chi connectivity index (χ1) is 11.7. The Hall–Kier alpha value is -2.05. The van der Waals surface area contributed by atoms with Crippen molar-refractivity contribution in [3.8, 4) is 23.2 Å². The molecule has 0 bridgehead atoms. The van der Waals surface area contributed by atoms with Gasteiger partial charge in [0, 0.05) is 29.1 Å². The normalized spacial score (nSPS) is 10.2. The van der Waals surface area contributed by atoms with Crippen molar-refractivity contribution in [2.24, 2.45) is 0 Å². The second-order valence-electron chi connectivity index (χ2n) is 5.78. The number of nitrogens with zero attached hydrogens (tertiary/aromatic N) is 2. The van der Waals surface area contributed by atoms with Crippen LogP contribution in [-0.2, 0) is 0 Å². The van der Waals surface area contributed by atoms with E-state index in [1.54, 1.807) is 18.2 Å². The summed E-state index contributed by atoms with van der Waals surface area (Å²) in [4.78, 5) is 11.9. The van der Waals surface area contributed by atoms with Gasteiger partial charge in [-0.25, -0.2) is 0 Å². The van der Waals surface area contributed by atoms with E-state index in [0.29, 0.717) is 10.7 Å². The maximum absolute atomic E-state index is 11.9. The highest BCUT2D eigenvalue weighted by molar-refractivity contribution is 6.30. The van der Waals surface area contributed by atoms with Gasteiger partial charge >= 0.3 is 0 Å². The standard InChI is InChI=1S/C20H23ClN2O/c1-2-3-4-5-6-7-8-9-16-23-20(24)15-14-19(22-23)17-10-12-18(21)13-11-17/h10-15H,2-8H2,1H3. The molecule has 0 saturated carbocycles. The zero-order valence-electron chi connectivity index (χ0n) is 14.1. The molecular weight excluding hydrogens is 320 g/mol. The highest BCUT2D eigenvalue weighted by atomic mass is 35.5. The Labute approximate surface area is 148 Å². The minimum atomic E-state index is -0.205. The molecule has 0 aliphatic rings. The van der Waals surface area contributed by atoms with E-state index >= 15 is 0 Å². The molecule has 0 saturated heterocycles. The molecule has 0 unspecified atom stereocenters. The first-order valence-corrected chi connectivity index (χ1v) is 8.93. The Bertz CT molecular complexity index is 754. The number of benzene rings is 1. The van der Waals surface area contributed by atoms with Crippen molar-refractivity contribution in [2.75, 3.05) is 0 Å². The van der Waals surface area contributed by atoms with E-state index in [0.717, 1.165) is 18.4 Å². The van der Waals surface area contributed by atoms with E-state index in [-0.39, 0.29) is 5.56 Å². The molecule has 1 heterocycles. The number of halogens is 1. The maximum atomic E-state index is 11.9. The van der Waals surface area contributed by atoms with Crippen molar-refractivity contribution in [3.05, 3.63) is 51.8 Å². The van der Waals surface area contributed by atoms with Crippen LogP contribution in [0.15, 0.2) is 41.2 Å². The highest BCUT2D eigenvalue weighted by Crippen LogP contribution is 2.18. The molecule has 2 rings (SSSR count). The van der Waals surface area contributed by atoms with Crippen LogP contribution >= 0.6 is 11.6 Å². The van der Waals surface area contributed by atoms with E-state index < -0.39 is 0 Å². The second-order valence-corrected chi connectivity index (χ2v) is 6.22. The van der Waals surface area contributed by atoms with Crippen molar-refractivity contribution in [2.45, 2.75) is 51.9 Å². The molecule has 0 aliphatic carbocycles. The zero-order valence-corrected chi connectivity index (χ0v) is 14.9. The number of unbranched alkanes of at least 4 members (excludes halogenated alkanes) is 6. The molecule has 1 aromatic carbocycles. The molecule has 1 aromatic heterocycles.